The van der Waals surface area contributed by atoms with E-state index < -0.39 is 0 Å². The van der Waals surface area contributed by atoms with Crippen molar-refractivity contribution in [3.63, 3.8) is 0 Å². The molecule has 0 atom stereocenters. The van der Waals surface area contributed by atoms with Gasteiger partial charge in [0.25, 0.3) is 5.56 Å². The van der Waals surface area contributed by atoms with Crippen LogP contribution in [0.15, 0.2) is 38.8 Å². The molecule has 0 amide bonds. The molecule has 1 aliphatic rings. The number of nitrogens with zero attached hydrogens (tertiary/aromatic N) is 3. The van der Waals surface area contributed by atoms with Gasteiger partial charge in [-0.2, -0.15) is 0 Å². The molecular weight excluding hydrogens is 268 g/mol. The summed E-state index contributed by atoms with van der Waals surface area (Å²) in [6.07, 6.45) is 0.407. The number of rotatable bonds is 1. The molecule has 0 unspecified atom stereocenters. The normalized spacial score (nSPS) is 13.0. The Morgan fingerprint density at radius 2 is 1.95 bits per heavy atom. The molecule has 0 bridgehead atoms. The van der Waals surface area contributed by atoms with Crippen LogP contribution in [0.3, 0.4) is 0 Å². The van der Waals surface area contributed by atoms with Crippen molar-refractivity contribution in [2.75, 3.05) is 5.32 Å². The minimum Gasteiger partial charge on any atom is -0.343 e. The predicted octanol–water partition coefficient (Wildman–Crippen LogP) is 1.09. The smallest absolute Gasteiger partial charge is 0.332 e. The highest BCUT2D eigenvalue weighted by Crippen LogP contribution is 2.22. The average molecular weight is 284 g/mol. The first kappa shape index (κ1) is 13.4. The second-order valence-electron chi connectivity index (χ2n) is 5.24. The van der Waals surface area contributed by atoms with Crippen molar-refractivity contribution in [3.05, 3.63) is 56.2 Å². The molecule has 6 heteroatoms. The van der Waals surface area contributed by atoms with E-state index in [4.69, 9.17) is 0 Å². The summed E-state index contributed by atoms with van der Waals surface area (Å²) in [5.41, 5.74) is 1.97. The van der Waals surface area contributed by atoms with Crippen molar-refractivity contribution >= 4 is 17.3 Å². The van der Waals surface area contributed by atoms with Crippen LogP contribution in [0, 0.1) is 6.92 Å². The Bertz CT molecular complexity index is 874. The lowest BCUT2D eigenvalue weighted by Gasteiger charge is -2.06. The highest BCUT2D eigenvalue weighted by Gasteiger charge is 2.23. The molecule has 2 heterocycles. The Kier molecular flexibility index (Phi) is 3.01. The zero-order valence-corrected chi connectivity index (χ0v) is 12.2. The van der Waals surface area contributed by atoms with Gasteiger partial charge < -0.3 is 5.32 Å². The number of amidine groups is 1. The van der Waals surface area contributed by atoms with Crippen molar-refractivity contribution in [3.8, 4) is 0 Å². The third-order valence-electron chi connectivity index (χ3n) is 3.62. The molecule has 0 aliphatic carbocycles. The number of aryl methyl sites for hydroxylation is 1. The number of hydrogen-bond acceptors (Lipinski definition) is 4. The first-order chi connectivity index (χ1) is 9.97. The van der Waals surface area contributed by atoms with Gasteiger partial charge in [-0.15, -0.1) is 0 Å². The van der Waals surface area contributed by atoms with E-state index in [-0.39, 0.29) is 11.2 Å². The van der Waals surface area contributed by atoms with Crippen LogP contribution in [0.2, 0.25) is 0 Å². The van der Waals surface area contributed by atoms with Crippen LogP contribution in [-0.2, 0) is 20.5 Å². The van der Waals surface area contributed by atoms with Crippen LogP contribution >= 0.6 is 0 Å². The summed E-state index contributed by atoms with van der Waals surface area (Å²) in [5.74, 6) is 1.12. The highest BCUT2D eigenvalue weighted by molar-refractivity contribution is 6.01. The van der Waals surface area contributed by atoms with E-state index in [1.165, 1.54) is 11.6 Å². The van der Waals surface area contributed by atoms with E-state index >= 15 is 0 Å². The second-order valence-corrected chi connectivity index (χ2v) is 5.24. The summed E-state index contributed by atoms with van der Waals surface area (Å²) < 4.78 is 2.52. The average Bonchev–Trinajstić information content (AvgIpc) is 2.87. The summed E-state index contributed by atoms with van der Waals surface area (Å²) in [6.45, 7) is 2.01. The van der Waals surface area contributed by atoms with E-state index in [1.54, 1.807) is 7.05 Å². The van der Waals surface area contributed by atoms with Crippen LogP contribution in [-0.4, -0.2) is 15.0 Å². The zero-order chi connectivity index (χ0) is 15.1. The summed E-state index contributed by atoms with van der Waals surface area (Å²) in [6, 6.07) is 7.91. The molecule has 21 heavy (non-hydrogen) atoms. The third kappa shape index (κ3) is 2.18. The number of benzene rings is 1. The molecule has 1 aliphatic heterocycles. The van der Waals surface area contributed by atoms with Crippen molar-refractivity contribution in [1.29, 1.82) is 0 Å². The van der Waals surface area contributed by atoms with Gasteiger partial charge in [-0.1, -0.05) is 12.1 Å². The fourth-order valence-corrected chi connectivity index (χ4v) is 2.50. The van der Waals surface area contributed by atoms with Gasteiger partial charge in [0.1, 0.15) is 11.7 Å². The summed E-state index contributed by atoms with van der Waals surface area (Å²) in [7, 11) is 3.11. The van der Waals surface area contributed by atoms with Crippen LogP contribution in [0.25, 0.3) is 0 Å². The largest absolute Gasteiger partial charge is 0.343 e. The fraction of sp³-hybridized carbons (Fsp3) is 0.267. The lowest BCUT2D eigenvalue weighted by molar-refractivity contribution is 0.682. The highest BCUT2D eigenvalue weighted by atomic mass is 16.2. The van der Waals surface area contributed by atoms with E-state index in [0.717, 1.165) is 15.8 Å². The Morgan fingerprint density at radius 3 is 2.67 bits per heavy atom. The van der Waals surface area contributed by atoms with Crippen molar-refractivity contribution in [1.82, 2.24) is 9.13 Å². The van der Waals surface area contributed by atoms with Crippen LogP contribution < -0.4 is 16.6 Å². The molecule has 108 valence electrons. The maximum Gasteiger partial charge on any atom is 0.332 e. The van der Waals surface area contributed by atoms with Gasteiger partial charge in [-0.05, 0) is 24.6 Å². The van der Waals surface area contributed by atoms with Crippen molar-refractivity contribution in [2.45, 2.75) is 13.3 Å². The van der Waals surface area contributed by atoms with E-state index in [2.05, 4.69) is 10.3 Å². The van der Waals surface area contributed by atoms with E-state index in [9.17, 15) is 9.59 Å². The van der Waals surface area contributed by atoms with Gasteiger partial charge in [0.15, 0.2) is 0 Å². The minimum atomic E-state index is -0.362. The van der Waals surface area contributed by atoms with Gasteiger partial charge in [-0.3, -0.25) is 13.9 Å². The molecule has 0 saturated heterocycles. The molecule has 1 N–H and O–H groups in total. The summed E-state index contributed by atoms with van der Waals surface area (Å²) in [5, 5.41) is 3.21. The Hall–Kier alpha value is -2.63. The fourth-order valence-electron chi connectivity index (χ4n) is 2.50. The number of nitrogens with one attached hydrogen (secondary N) is 1. The predicted molar refractivity (Wildman–Crippen MR) is 82.5 cm³/mol. The van der Waals surface area contributed by atoms with Gasteiger partial charge >= 0.3 is 5.69 Å². The van der Waals surface area contributed by atoms with Gasteiger partial charge in [0, 0.05) is 26.2 Å². The second kappa shape index (κ2) is 4.73. The molecule has 1 aromatic carbocycles. The molecule has 0 spiro atoms. The molecule has 0 fully saturated rings. The van der Waals surface area contributed by atoms with Gasteiger partial charge in [0.05, 0.1) is 5.56 Å². The quantitative estimate of drug-likeness (QED) is 0.852. The SMILES string of the molecule is Cc1cccc(NC2=Nc3c(c(=O)n(C)c(=O)n3C)C2)c1. The third-order valence-corrected chi connectivity index (χ3v) is 3.62. The summed E-state index contributed by atoms with van der Waals surface area (Å²) >= 11 is 0. The standard InChI is InChI=1S/C15H16N4O2/c1-9-5-4-6-10(7-9)16-12-8-11-13(17-12)18(2)15(21)19(3)14(11)20/h4-7H,8H2,1-3H3,(H,16,17). The lowest BCUT2D eigenvalue weighted by Crippen LogP contribution is -2.38. The van der Waals surface area contributed by atoms with Gasteiger partial charge in [0.2, 0.25) is 0 Å². The Balaban J connectivity index is 2.00. The van der Waals surface area contributed by atoms with E-state index in [0.29, 0.717) is 23.6 Å². The maximum absolute atomic E-state index is 12.1. The number of aliphatic imine (C=N–C) groups is 1. The molecule has 0 saturated carbocycles. The number of aromatic nitrogens is 2. The Morgan fingerprint density at radius 1 is 1.19 bits per heavy atom. The molecular formula is C15H16N4O2. The van der Waals surface area contributed by atoms with Crippen LogP contribution in [0.4, 0.5) is 11.5 Å². The zero-order valence-electron chi connectivity index (χ0n) is 12.2. The van der Waals surface area contributed by atoms with Crippen LogP contribution in [0.5, 0.6) is 0 Å². The van der Waals surface area contributed by atoms with Gasteiger partial charge in [-0.25, -0.2) is 9.79 Å². The summed E-state index contributed by atoms with van der Waals surface area (Å²) in [4.78, 5) is 28.4. The number of fused-ring (bicyclic) bond motifs is 1. The molecule has 0 radical (unpaired) electrons. The molecule has 2 aromatic rings. The first-order valence-corrected chi connectivity index (χ1v) is 6.67. The topological polar surface area (TPSA) is 68.4 Å². The maximum atomic E-state index is 12.1. The van der Waals surface area contributed by atoms with E-state index in [1.807, 2.05) is 31.2 Å². The van der Waals surface area contributed by atoms with Crippen molar-refractivity contribution < 1.29 is 0 Å². The number of anilines is 1. The van der Waals surface area contributed by atoms with Crippen molar-refractivity contribution in [2.24, 2.45) is 19.1 Å². The monoisotopic (exact) mass is 284 g/mol. The van der Waals surface area contributed by atoms with Crippen LogP contribution in [0.1, 0.15) is 11.1 Å². The molecule has 3 rings (SSSR count). The minimum absolute atomic E-state index is 0.280. The molecule has 1 aromatic heterocycles. The lowest BCUT2D eigenvalue weighted by atomic mass is 10.2. The molecule has 6 nitrogen and oxygen atoms in total. The first-order valence-electron chi connectivity index (χ1n) is 6.67. The number of hydrogen-bond donors (Lipinski definition) is 1. The Labute approximate surface area is 121 Å².